The van der Waals surface area contributed by atoms with Gasteiger partial charge in [-0.3, -0.25) is 15.1 Å². The fraction of sp³-hybridized carbons (Fsp3) is 0.194. The SMILES string of the molecule is CC(CO)(NCc1c(OCc2cncc(C#N)c2)cc(OCc2cccc(-c3ccccc3)c2Cl)c2nonc12)C(=O)O. The van der Waals surface area contributed by atoms with Crippen LogP contribution in [0, 0.1) is 11.3 Å². The summed E-state index contributed by atoms with van der Waals surface area (Å²) in [5.74, 6) is -0.646. The van der Waals surface area contributed by atoms with Gasteiger partial charge in [0.2, 0.25) is 0 Å². The van der Waals surface area contributed by atoms with Crippen molar-refractivity contribution in [2.24, 2.45) is 0 Å². The molecule has 0 aliphatic carbocycles. The lowest BCUT2D eigenvalue weighted by Crippen LogP contribution is -2.52. The van der Waals surface area contributed by atoms with Crippen molar-refractivity contribution in [2.45, 2.75) is 32.2 Å². The first kappa shape index (κ1) is 29.5. The molecule has 0 saturated heterocycles. The van der Waals surface area contributed by atoms with Crippen molar-refractivity contribution in [3.63, 3.8) is 0 Å². The van der Waals surface area contributed by atoms with Crippen molar-refractivity contribution in [3.8, 4) is 28.7 Å². The van der Waals surface area contributed by atoms with E-state index < -0.39 is 18.1 Å². The molecule has 1 unspecified atom stereocenters. The van der Waals surface area contributed by atoms with E-state index >= 15 is 0 Å². The van der Waals surface area contributed by atoms with E-state index in [1.54, 1.807) is 18.3 Å². The Balaban J connectivity index is 1.48. The molecular formula is C31H26ClN5O6. The van der Waals surface area contributed by atoms with Crippen molar-refractivity contribution in [3.05, 3.63) is 100 Å². The average molecular weight is 600 g/mol. The van der Waals surface area contributed by atoms with Gasteiger partial charge in [0.25, 0.3) is 0 Å². The first-order valence-electron chi connectivity index (χ1n) is 13.1. The molecule has 218 valence electrons. The van der Waals surface area contributed by atoms with Crippen LogP contribution in [0.25, 0.3) is 22.2 Å². The molecule has 0 radical (unpaired) electrons. The summed E-state index contributed by atoms with van der Waals surface area (Å²) in [6.45, 7) is 0.763. The largest absolute Gasteiger partial charge is 0.488 e. The summed E-state index contributed by atoms with van der Waals surface area (Å²) in [6, 6.07) is 20.7. The van der Waals surface area contributed by atoms with Gasteiger partial charge < -0.3 is 19.7 Å². The second-order valence-corrected chi connectivity index (χ2v) is 10.3. The second-order valence-electron chi connectivity index (χ2n) is 9.88. The summed E-state index contributed by atoms with van der Waals surface area (Å²) in [6.07, 6.45) is 3.01. The van der Waals surface area contributed by atoms with Gasteiger partial charge in [0.05, 0.1) is 17.2 Å². The summed E-state index contributed by atoms with van der Waals surface area (Å²) >= 11 is 6.77. The highest BCUT2D eigenvalue weighted by Gasteiger charge is 2.33. The van der Waals surface area contributed by atoms with Crippen LogP contribution in [0.2, 0.25) is 5.02 Å². The lowest BCUT2D eigenvalue weighted by Gasteiger charge is -2.24. The normalized spacial score (nSPS) is 12.4. The molecule has 0 bridgehead atoms. The maximum absolute atomic E-state index is 11.8. The van der Waals surface area contributed by atoms with E-state index in [0.29, 0.717) is 33.2 Å². The lowest BCUT2D eigenvalue weighted by molar-refractivity contribution is -0.145. The summed E-state index contributed by atoms with van der Waals surface area (Å²) < 4.78 is 17.4. The summed E-state index contributed by atoms with van der Waals surface area (Å²) in [5, 5.41) is 40.1. The number of aliphatic hydroxyl groups excluding tert-OH is 1. The predicted molar refractivity (Wildman–Crippen MR) is 156 cm³/mol. The number of ether oxygens (including phenoxy) is 2. The highest BCUT2D eigenvalue weighted by molar-refractivity contribution is 6.34. The number of nitrogens with zero attached hydrogens (tertiary/aromatic N) is 4. The number of rotatable bonds is 12. The summed E-state index contributed by atoms with van der Waals surface area (Å²) in [7, 11) is 0. The molecule has 5 aromatic rings. The second kappa shape index (κ2) is 12.9. The van der Waals surface area contributed by atoms with Gasteiger partial charge in [-0.15, -0.1) is 0 Å². The van der Waals surface area contributed by atoms with Crippen molar-refractivity contribution in [1.82, 2.24) is 20.6 Å². The Morgan fingerprint density at radius 3 is 2.56 bits per heavy atom. The number of benzene rings is 3. The van der Waals surface area contributed by atoms with E-state index in [2.05, 4.69) is 20.6 Å². The third-order valence-corrected chi connectivity index (χ3v) is 7.32. The van der Waals surface area contributed by atoms with Crippen molar-refractivity contribution in [2.75, 3.05) is 6.61 Å². The maximum atomic E-state index is 11.8. The minimum atomic E-state index is -1.64. The number of pyridine rings is 1. The summed E-state index contributed by atoms with van der Waals surface area (Å²) in [5.41, 5.74) is 2.93. The lowest BCUT2D eigenvalue weighted by atomic mass is 10.0. The van der Waals surface area contributed by atoms with Crippen LogP contribution in [-0.2, 0) is 24.6 Å². The van der Waals surface area contributed by atoms with Crippen molar-refractivity contribution < 1.29 is 29.1 Å². The van der Waals surface area contributed by atoms with Crippen LogP contribution in [0.3, 0.4) is 0 Å². The van der Waals surface area contributed by atoms with Crippen LogP contribution in [0.4, 0.5) is 0 Å². The number of nitriles is 1. The Kier molecular flexibility index (Phi) is 8.82. The Morgan fingerprint density at radius 1 is 1.05 bits per heavy atom. The van der Waals surface area contributed by atoms with Crippen LogP contribution in [0.5, 0.6) is 11.5 Å². The number of aliphatic carboxylic acids is 1. The van der Waals surface area contributed by atoms with E-state index in [1.807, 2.05) is 54.6 Å². The van der Waals surface area contributed by atoms with Gasteiger partial charge in [0.1, 0.15) is 36.1 Å². The van der Waals surface area contributed by atoms with Gasteiger partial charge in [-0.25, -0.2) is 4.63 Å². The molecule has 0 fully saturated rings. The average Bonchev–Trinajstić information content (AvgIpc) is 3.53. The highest BCUT2D eigenvalue weighted by Crippen LogP contribution is 2.37. The third-order valence-electron chi connectivity index (χ3n) is 6.88. The van der Waals surface area contributed by atoms with Gasteiger partial charge in [0.15, 0.2) is 11.3 Å². The number of carbonyl (C=O) groups is 1. The Labute approximate surface area is 251 Å². The minimum Gasteiger partial charge on any atom is -0.488 e. The van der Waals surface area contributed by atoms with Crippen LogP contribution < -0.4 is 14.8 Å². The number of nitrogens with one attached hydrogen (secondary N) is 1. The zero-order chi connectivity index (χ0) is 30.4. The van der Waals surface area contributed by atoms with Crippen LogP contribution in [0.1, 0.15) is 29.2 Å². The molecule has 0 amide bonds. The fourth-order valence-electron chi connectivity index (χ4n) is 4.31. The van der Waals surface area contributed by atoms with Crippen LogP contribution in [-0.4, -0.2) is 43.6 Å². The molecule has 3 aromatic carbocycles. The fourth-order valence-corrected chi connectivity index (χ4v) is 4.60. The topological polar surface area (TPSA) is 164 Å². The number of hydrogen-bond acceptors (Lipinski definition) is 10. The predicted octanol–water partition coefficient (Wildman–Crippen LogP) is 4.89. The van der Waals surface area contributed by atoms with E-state index in [1.165, 1.54) is 13.1 Å². The highest BCUT2D eigenvalue weighted by atomic mass is 35.5. The molecule has 12 heteroatoms. The summed E-state index contributed by atoms with van der Waals surface area (Å²) in [4.78, 5) is 15.9. The van der Waals surface area contributed by atoms with Gasteiger partial charge in [-0.1, -0.05) is 60.1 Å². The molecule has 0 saturated carbocycles. The first-order valence-corrected chi connectivity index (χ1v) is 13.5. The van der Waals surface area contributed by atoms with E-state index in [4.69, 9.17) is 25.7 Å². The van der Waals surface area contributed by atoms with E-state index in [-0.39, 0.29) is 30.8 Å². The third kappa shape index (κ3) is 6.42. The maximum Gasteiger partial charge on any atom is 0.326 e. The smallest absolute Gasteiger partial charge is 0.326 e. The molecule has 11 nitrogen and oxygen atoms in total. The Morgan fingerprint density at radius 2 is 1.81 bits per heavy atom. The molecular weight excluding hydrogens is 574 g/mol. The molecule has 3 N–H and O–H groups in total. The number of fused-ring (bicyclic) bond motifs is 1. The first-order chi connectivity index (χ1) is 20.8. The van der Waals surface area contributed by atoms with Gasteiger partial charge in [-0.05, 0) is 28.9 Å². The minimum absolute atomic E-state index is 0.0346. The van der Waals surface area contributed by atoms with Gasteiger partial charge in [-0.2, -0.15) is 5.26 Å². The van der Waals surface area contributed by atoms with Gasteiger partial charge >= 0.3 is 5.97 Å². The molecule has 2 heterocycles. The molecule has 0 aliphatic heterocycles. The van der Waals surface area contributed by atoms with E-state index in [9.17, 15) is 20.3 Å². The standard InChI is InChI=1S/C31H26ClN5O6/c1-31(18-38,30(39)40)35-15-24-25(41-16-20-10-19(12-33)13-34-14-20)11-26(29-28(24)36-43-37-29)42-17-22-8-5-9-23(27(22)32)21-6-3-2-4-7-21/h2-11,13-14,35,38H,15-18H2,1H3,(H,39,40). The van der Waals surface area contributed by atoms with Crippen molar-refractivity contribution in [1.29, 1.82) is 5.26 Å². The number of aliphatic hydroxyl groups is 1. The molecule has 5 rings (SSSR count). The molecule has 1 atom stereocenters. The Hall–Kier alpha value is -5.02. The van der Waals surface area contributed by atoms with E-state index in [0.717, 1.165) is 16.7 Å². The monoisotopic (exact) mass is 599 g/mol. The molecule has 43 heavy (non-hydrogen) atoms. The van der Waals surface area contributed by atoms with Crippen LogP contribution in [0.15, 0.2) is 77.7 Å². The number of carboxylic acids is 1. The quantitative estimate of drug-likeness (QED) is 0.179. The number of carboxylic acid groups (broad SMARTS) is 1. The van der Waals surface area contributed by atoms with Gasteiger partial charge in [0, 0.05) is 47.3 Å². The van der Waals surface area contributed by atoms with Crippen LogP contribution >= 0.6 is 11.6 Å². The van der Waals surface area contributed by atoms with Crippen molar-refractivity contribution >= 4 is 28.6 Å². The zero-order valence-corrected chi connectivity index (χ0v) is 23.7. The molecule has 2 aromatic heterocycles. The molecule has 0 spiro atoms. The zero-order valence-electron chi connectivity index (χ0n) is 23.0. The Bertz CT molecular complexity index is 1810. The number of hydrogen-bond donors (Lipinski definition) is 3. The number of aromatic nitrogens is 3. The molecule has 0 aliphatic rings. The number of halogens is 1.